The van der Waals surface area contributed by atoms with Crippen LogP contribution in [0.4, 0.5) is 5.69 Å². The van der Waals surface area contributed by atoms with Gasteiger partial charge in [0.2, 0.25) is 0 Å². The molecule has 116 valence electrons. The number of anilines is 1. The van der Waals surface area contributed by atoms with Crippen molar-refractivity contribution in [1.82, 2.24) is 5.32 Å². The molecule has 0 saturated carbocycles. The van der Waals surface area contributed by atoms with E-state index in [2.05, 4.69) is 10.6 Å². The number of methoxy groups -OCH3 is 1. The number of ether oxygens (including phenoxy) is 1. The van der Waals surface area contributed by atoms with Gasteiger partial charge < -0.3 is 15.4 Å². The zero-order valence-corrected chi connectivity index (χ0v) is 13.1. The highest BCUT2D eigenvalue weighted by Gasteiger charge is 2.24. The van der Waals surface area contributed by atoms with Crippen LogP contribution in [0.15, 0.2) is 24.3 Å². The zero-order valence-electron chi connectivity index (χ0n) is 13.1. The Morgan fingerprint density at radius 2 is 1.90 bits per heavy atom. The van der Waals surface area contributed by atoms with Crippen molar-refractivity contribution >= 4 is 17.6 Å². The van der Waals surface area contributed by atoms with Crippen LogP contribution < -0.4 is 10.6 Å². The molecule has 0 heterocycles. The lowest BCUT2D eigenvalue weighted by Gasteiger charge is -2.19. The van der Waals surface area contributed by atoms with E-state index < -0.39 is 12.0 Å². The highest BCUT2D eigenvalue weighted by molar-refractivity contribution is 6.01. The van der Waals surface area contributed by atoms with Gasteiger partial charge in [-0.1, -0.05) is 26.0 Å². The van der Waals surface area contributed by atoms with Crippen LogP contribution in [0.25, 0.3) is 0 Å². The topological polar surface area (TPSA) is 67.4 Å². The van der Waals surface area contributed by atoms with E-state index >= 15 is 0 Å². The summed E-state index contributed by atoms with van der Waals surface area (Å²) in [4.78, 5) is 24.2. The first-order valence-corrected chi connectivity index (χ1v) is 7.21. The van der Waals surface area contributed by atoms with Gasteiger partial charge in [0.25, 0.3) is 5.91 Å². The third kappa shape index (κ3) is 5.10. The Morgan fingerprint density at radius 1 is 1.24 bits per heavy atom. The van der Waals surface area contributed by atoms with Crippen molar-refractivity contribution < 1.29 is 14.3 Å². The molecule has 0 aliphatic heterocycles. The number of hydrogen-bond acceptors (Lipinski definition) is 4. The molecule has 0 bridgehead atoms. The second-order valence-corrected chi connectivity index (χ2v) is 5.25. The lowest BCUT2D eigenvalue weighted by molar-refractivity contribution is -0.143. The highest BCUT2D eigenvalue weighted by atomic mass is 16.5. The van der Waals surface area contributed by atoms with Crippen molar-refractivity contribution in [2.45, 2.75) is 33.2 Å². The monoisotopic (exact) mass is 292 g/mol. The molecule has 1 rings (SSSR count). The molecule has 1 amide bonds. The van der Waals surface area contributed by atoms with Crippen LogP contribution in [0.2, 0.25) is 0 Å². The quantitative estimate of drug-likeness (QED) is 0.757. The van der Waals surface area contributed by atoms with Crippen molar-refractivity contribution in [3.05, 3.63) is 29.8 Å². The van der Waals surface area contributed by atoms with Gasteiger partial charge in [-0.2, -0.15) is 0 Å². The molecular weight excluding hydrogens is 268 g/mol. The normalized spacial score (nSPS) is 11.9. The summed E-state index contributed by atoms with van der Waals surface area (Å²) in [5.41, 5.74) is 1.28. The number of amides is 1. The van der Waals surface area contributed by atoms with E-state index in [1.807, 2.05) is 32.9 Å². The van der Waals surface area contributed by atoms with E-state index in [0.717, 1.165) is 12.2 Å². The molecular formula is C16H24N2O3. The first kappa shape index (κ1) is 17.0. The fourth-order valence-electron chi connectivity index (χ4n) is 2.09. The molecule has 21 heavy (non-hydrogen) atoms. The van der Waals surface area contributed by atoms with Crippen LogP contribution in [0.1, 0.15) is 37.6 Å². The molecule has 0 fully saturated rings. The van der Waals surface area contributed by atoms with Crippen LogP contribution in [0.3, 0.4) is 0 Å². The number of carbonyl (C=O) groups is 2. The molecule has 0 aliphatic carbocycles. The van der Waals surface area contributed by atoms with Crippen LogP contribution in [0, 0.1) is 5.92 Å². The predicted molar refractivity (Wildman–Crippen MR) is 83.3 cm³/mol. The Labute approximate surface area is 126 Å². The smallest absolute Gasteiger partial charge is 0.328 e. The Morgan fingerprint density at radius 3 is 2.48 bits per heavy atom. The van der Waals surface area contributed by atoms with Gasteiger partial charge in [-0.3, -0.25) is 4.79 Å². The second kappa shape index (κ2) is 8.29. The first-order chi connectivity index (χ1) is 9.99. The zero-order chi connectivity index (χ0) is 15.8. The van der Waals surface area contributed by atoms with Gasteiger partial charge in [-0.25, -0.2) is 4.79 Å². The summed E-state index contributed by atoms with van der Waals surface area (Å²) in [6.45, 7) is 6.67. The summed E-state index contributed by atoms with van der Waals surface area (Å²) in [5.74, 6) is -0.418. The molecule has 5 nitrogen and oxygen atoms in total. The summed E-state index contributed by atoms with van der Waals surface area (Å²) < 4.78 is 4.76. The maximum Gasteiger partial charge on any atom is 0.328 e. The number of carbonyl (C=O) groups excluding carboxylic acids is 2. The molecule has 0 saturated heterocycles. The van der Waals surface area contributed by atoms with Crippen LogP contribution >= 0.6 is 0 Å². The average molecular weight is 292 g/mol. The summed E-state index contributed by atoms with van der Waals surface area (Å²) in [6.07, 6.45) is 0.543. The predicted octanol–water partition coefficient (Wildman–Crippen LogP) is 2.44. The maximum absolute atomic E-state index is 12.4. The van der Waals surface area contributed by atoms with Crippen LogP contribution in [-0.4, -0.2) is 31.6 Å². The largest absolute Gasteiger partial charge is 0.467 e. The first-order valence-electron chi connectivity index (χ1n) is 7.21. The molecule has 1 aromatic carbocycles. The Bertz CT molecular complexity index is 486. The van der Waals surface area contributed by atoms with E-state index in [1.54, 1.807) is 12.1 Å². The Balaban J connectivity index is 2.89. The Hall–Kier alpha value is -2.04. The highest BCUT2D eigenvalue weighted by Crippen LogP contribution is 2.15. The summed E-state index contributed by atoms with van der Waals surface area (Å²) >= 11 is 0. The lowest BCUT2D eigenvalue weighted by atomic mass is 10.0. The molecule has 1 unspecified atom stereocenters. The van der Waals surface area contributed by atoms with Crippen molar-refractivity contribution in [2.24, 2.45) is 5.92 Å². The number of esters is 1. The van der Waals surface area contributed by atoms with Gasteiger partial charge in [0.05, 0.1) is 12.7 Å². The van der Waals surface area contributed by atoms with E-state index in [1.165, 1.54) is 7.11 Å². The SMILES string of the molecule is CCNc1ccccc1C(=O)NC(CC(C)C)C(=O)OC. The second-order valence-electron chi connectivity index (χ2n) is 5.25. The molecule has 1 atom stereocenters. The molecule has 1 aromatic rings. The third-order valence-corrected chi connectivity index (χ3v) is 3.04. The standard InChI is InChI=1S/C16H24N2O3/c1-5-17-13-9-7-6-8-12(13)15(19)18-14(10-11(2)3)16(20)21-4/h6-9,11,14,17H,5,10H2,1-4H3,(H,18,19). The molecule has 0 radical (unpaired) electrons. The van der Waals surface area contributed by atoms with Gasteiger partial charge in [-0.05, 0) is 31.4 Å². The molecule has 0 aromatic heterocycles. The minimum atomic E-state index is -0.628. The summed E-state index contributed by atoms with van der Waals surface area (Å²) in [7, 11) is 1.33. The molecule has 2 N–H and O–H groups in total. The fourth-order valence-corrected chi connectivity index (χ4v) is 2.09. The third-order valence-electron chi connectivity index (χ3n) is 3.04. The van der Waals surface area contributed by atoms with Gasteiger partial charge >= 0.3 is 5.97 Å². The van der Waals surface area contributed by atoms with Crippen LogP contribution in [0.5, 0.6) is 0 Å². The number of para-hydroxylation sites is 1. The van der Waals surface area contributed by atoms with E-state index in [0.29, 0.717) is 12.0 Å². The summed E-state index contributed by atoms with van der Waals surface area (Å²) in [6, 6.07) is 6.61. The number of benzene rings is 1. The van der Waals surface area contributed by atoms with E-state index in [-0.39, 0.29) is 11.8 Å². The lowest BCUT2D eigenvalue weighted by Crippen LogP contribution is -2.42. The maximum atomic E-state index is 12.4. The van der Waals surface area contributed by atoms with Gasteiger partial charge in [0, 0.05) is 12.2 Å². The van der Waals surface area contributed by atoms with Crippen molar-refractivity contribution in [1.29, 1.82) is 0 Å². The van der Waals surface area contributed by atoms with Crippen LogP contribution in [-0.2, 0) is 9.53 Å². The minimum Gasteiger partial charge on any atom is -0.467 e. The van der Waals surface area contributed by atoms with Crippen molar-refractivity contribution in [2.75, 3.05) is 19.0 Å². The van der Waals surface area contributed by atoms with Gasteiger partial charge in [-0.15, -0.1) is 0 Å². The minimum absolute atomic E-state index is 0.275. The molecule has 0 aliphatic rings. The number of rotatable bonds is 7. The summed E-state index contributed by atoms with van der Waals surface area (Å²) in [5, 5.41) is 5.90. The number of nitrogens with one attached hydrogen (secondary N) is 2. The number of hydrogen-bond donors (Lipinski definition) is 2. The van der Waals surface area contributed by atoms with E-state index in [4.69, 9.17) is 4.74 Å². The molecule has 0 spiro atoms. The average Bonchev–Trinajstić information content (AvgIpc) is 2.46. The van der Waals surface area contributed by atoms with Crippen molar-refractivity contribution in [3.63, 3.8) is 0 Å². The fraction of sp³-hybridized carbons (Fsp3) is 0.500. The van der Waals surface area contributed by atoms with E-state index in [9.17, 15) is 9.59 Å². The van der Waals surface area contributed by atoms with Gasteiger partial charge in [0.1, 0.15) is 6.04 Å². The Kier molecular flexibility index (Phi) is 6.72. The van der Waals surface area contributed by atoms with Crippen molar-refractivity contribution in [3.8, 4) is 0 Å². The van der Waals surface area contributed by atoms with Gasteiger partial charge in [0.15, 0.2) is 0 Å². The molecule has 5 heteroatoms.